The van der Waals surface area contributed by atoms with Gasteiger partial charge in [0.15, 0.2) is 0 Å². The SMILES string of the molecule is COCCCN(C)C(=O)Cn1nnc(-c2ccccc2)n1. The van der Waals surface area contributed by atoms with Gasteiger partial charge in [0, 0.05) is 32.9 Å². The molecule has 1 heterocycles. The van der Waals surface area contributed by atoms with Crippen LogP contribution in [0.3, 0.4) is 0 Å². The van der Waals surface area contributed by atoms with Gasteiger partial charge in [0.05, 0.1) is 0 Å². The number of carbonyl (C=O) groups excluding carboxylic acids is 1. The number of hydrogen-bond donors (Lipinski definition) is 0. The van der Waals surface area contributed by atoms with E-state index in [0.717, 1.165) is 12.0 Å². The summed E-state index contributed by atoms with van der Waals surface area (Å²) in [5.74, 6) is 0.466. The van der Waals surface area contributed by atoms with E-state index in [2.05, 4.69) is 15.4 Å². The lowest BCUT2D eigenvalue weighted by molar-refractivity contribution is -0.131. The molecule has 0 aliphatic rings. The number of rotatable bonds is 7. The van der Waals surface area contributed by atoms with Gasteiger partial charge in [-0.25, -0.2) is 0 Å². The maximum Gasteiger partial charge on any atom is 0.245 e. The fraction of sp³-hybridized carbons (Fsp3) is 0.429. The van der Waals surface area contributed by atoms with E-state index in [4.69, 9.17) is 4.74 Å². The lowest BCUT2D eigenvalue weighted by Gasteiger charge is -2.16. The summed E-state index contributed by atoms with van der Waals surface area (Å²) in [4.78, 5) is 15.0. The van der Waals surface area contributed by atoms with Crippen molar-refractivity contribution in [3.05, 3.63) is 30.3 Å². The van der Waals surface area contributed by atoms with Gasteiger partial charge in [-0.05, 0) is 11.6 Å². The van der Waals surface area contributed by atoms with Gasteiger partial charge in [-0.15, -0.1) is 10.2 Å². The van der Waals surface area contributed by atoms with E-state index in [-0.39, 0.29) is 12.5 Å². The van der Waals surface area contributed by atoms with Gasteiger partial charge >= 0.3 is 0 Å². The number of hydrogen-bond acceptors (Lipinski definition) is 5. The Bertz CT molecular complexity index is 570. The molecule has 0 aliphatic heterocycles. The first-order valence-corrected chi connectivity index (χ1v) is 6.77. The molecule has 0 unspecified atom stereocenters. The number of methoxy groups -OCH3 is 1. The fourth-order valence-corrected chi connectivity index (χ4v) is 1.83. The second kappa shape index (κ2) is 7.49. The maximum atomic E-state index is 12.0. The van der Waals surface area contributed by atoms with E-state index in [1.807, 2.05) is 30.3 Å². The van der Waals surface area contributed by atoms with Crippen LogP contribution < -0.4 is 0 Å². The highest BCUT2D eigenvalue weighted by Crippen LogP contribution is 2.11. The highest BCUT2D eigenvalue weighted by molar-refractivity contribution is 5.75. The van der Waals surface area contributed by atoms with Gasteiger partial charge in [-0.1, -0.05) is 30.3 Å². The van der Waals surface area contributed by atoms with Crippen molar-refractivity contribution in [1.82, 2.24) is 25.1 Å². The fourth-order valence-electron chi connectivity index (χ4n) is 1.83. The van der Waals surface area contributed by atoms with E-state index in [1.54, 1.807) is 19.1 Å². The average Bonchev–Trinajstić information content (AvgIpc) is 2.97. The second-order valence-corrected chi connectivity index (χ2v) is 4.67. The van der Waals surface area contributed by atoms with Crippen LogP contribution in [0, 0.1) is 0 Å². The monoisotopic (exact) mass is 289 g/mol. The van der Waals surface area contributed by atoms with Crippen LogP contribution in [0.15, 0.2) is 30.3 Å². The molecule has 1 aromatic heterocycles. The quantitative estimate of drug-likeness (QED) is 0.706. The standard InChI is InChI=1S/C14H19N5O2/c1-18(9-6-10-21-2)13(20)11-19-16-14(15-17-19)12-7-4-3-5-8-12/h3-5,7-8H,6,9-11H2,1-2H3. The number of aromatic nitrogens is 4. The van der Waals surface area contributed by atoms with Crippen LogP contribution >= 0.6 is 0 Å². The molecule has 0 spiro atoms. The largest absolute Gasteiger partial charge is 0.385 e. The minimum absolute atomic E-state index is 0.0527. The lowest BCUT2D eigenvalue weighted by atomic mass is 10.2. The minimum Gasteiger partial charge on any atom is -0.385 e. The molecule has 2 aromatic rings. The minimum atomic E-state index is -0.0527. The Hall–Kier alpha value is -2.28. The topological polar surface area (TPSA) is 73.1 Å². The molecular weight excluding hydrogens is 270 g/mol. The summed E-state index contributed by atoms with van der Waals surface area (Å²) in [6.07, 6.45) is 0.804. The molecule has 7 heteroatoms. The molecule has 1 aromatic carbocycles. The summed E-state index contributed by atoms with van der Waals surface area (Å²) in [5.41, 5.74) is 0.879. The van der Waals surface area contributed by atoms with Crippen LogP contribution in [-0.2, 0) is 16.1 Å². The first-order chi connectivity index (χ1) is 10.2. The van der Waals surface area contributed by atoms with Crippen LogP contribution in [0.2, 0.25) is 0 Å². The van der Waals surface area contributed by atoms with Crippen molar-refractivity contribution < 1.29 is 9.53 Å². The zero-order valence-corrected chi connectivity index (χ0v) is 12.3. The molecule has 0 radical (unpaired) electrons. The Morgan fingerprint density at radius 3 is 2.81 bits per heavy atom. The first kappa shape index (κ1) is 15.1. The first-order valence-electron chi connectivity index (χ1n) is 6.77. The average molecular weight is 289 g/mol. The third-order valence-electron chi connectivity index (χ3n) is 3.03. The van der Waals surface area contributed by atoms with E-state index in [9.17, 15) is 4.79 Å². The van der Waals surface area contributed by atoms with Crippen molar-refractivity contribution in [3.63, 3.8) is 0 Å². The second-order valence-electron chi connectivity index (χ2n) is 4.67. The molecule has 1 amide bonds. The lowest BCUT2D eigenvalue weighted by Crippen LogP contribution is -2.32. The number of nitrogens with zero attached hydrogens (tertiary/aromatic N) is 5. The van der Waals surface area contributed by atoms with E-state index in [0.29, 0.717) is 19.0 Å². The molecule has 2 rings (SSSR count). The molecule has 112 valence electrons. The van der Waals surface area contributed by atoms with Crippen molar-refractivity contribution >= 4 is 5.91 Å². The Morgan fingerprint density at radius 1 is 1.33 bits per heavy atom. The Labute approximate surface area is 123 Å². The summed E-state index contributed by atoms with van der Waals surface area (Å²) in [6.45, 7) is 1.37. The molecule has 0 bridgehead atoms. The van der Waals surface area contributed by atoms with Crippen LogP contribution in [0.4, 0.5) is 0 Å². The molecule has 21 heavy (non-hydrogen) atoms. The van der Waals surface area contributed by atoms with Gasteiger partial charge in [0.1, 0.15) is 6.54 Å². The number of benzene rings is 1. The molecule has 0 saturated heterocycles. The number of carbonyl (C=O) groups is 1. The molecule has 0 saturated carbocycles. The zero-order chi connectivity index (χ0) is 15.1. The molecule has 0 N–H and O–H groups in total. The summed E-state index contributed by atoms with van der Waals surface area (Å²) in [5, 5.41) is 12.1. The van der Waals surface area contributed by atoms with Gasteiger partial charge in [-0.2, -0.15) is 4.80 Å². The number of amides is 1. The van der Waals surface area contributed by atoms with Crippen molar-refractivity contribution in [2.24, 2.45) is 0 Å². The molecule has 7 nitrogen and oxygen atoms in total. The normalized spacial score (nSPS) is 10.6. The van der Waals surface area contributed by atoms with Crippen molar-refractivity contribution in [3.8, 4) is 11.4 Å². The van der Waals surface area contributed by atoms with Crippen LogP contribution in [0.1, 0.15) is 6.42 Å². The van der Waals surface area contributed by atoms with Gasteiger partial charge in [0.25, 0.3) is 0 Å². The summed E-state index contributed by atoms with van der Waals surface area (Å²) < 4.78 is 4.96. The van der Waals surface area contributed by atoms with Gasteiger partial charge in [-0.3, -0.25) is 4.79 Å². The van der Waals surface area contributed by atoms with E-state index in [1.165, 1.54) is 4.80 Å². The highest BCUT2D eigenvalue weighted by atomic mass is 16.5. The molecule has 0 aliphatic carbocycles. The molecular formula is C14H19N5O2. The van der Waals surface area contributed by atoms with Crippen LogP contribution in [-0.4, -0.2) is 58.3 Å². The third-order valence-corrected chi connectivity index (χ3v) is 3.03. The Balaban J connectivity index is 1.92. The van der Waals surface area contributed by atoms with Gasteiger partial charge < -0.3 is 9.64 Å². The summed E-state index contributed by atoms with van der Waals surface area (Å²) >= 11 is 0. The predicted octanol–water partition coefficient (Wildman–Crippen LogP) is 0.835. The zero-order valence-electron chi connectivity index (χ0n) is 12.3. The van der Waals surface area contributed by atoms with Gasteiger partial charge in [0.2, 0.25) is 11.7 Å². The Kier molecular flexibility index (Phi) is 5.39. The van der Waals surface area contributed by atoms with Crippen molar-refractivity contribution in [2.45, 2.75) is 13.0 Å². The molecule has 0 atom stereocenters. The van der Waals surface area contributed by atoms with Crippen molar-refractivity contribution in [1.29, 1.82) is 0 Å². The van der Waals surface area contributed by atoms with Crippen LogP contribution in [0.5, 0.6) is 0 Å². The van der Waals surface area contributed by atoms with Crippen LogP contribution in [0.25, 0.3) is 11.4 Å². The predicted molar refractivity (Wildman–Crippen MR) is 77.4 cm³/mol. The third kappa shape index (κ3) is 4.35. The Morgan fingerprint density at radius 2 is 2.10 bits per heavy atom. The summed E-state index contributed by atoms with van der Waals surface area (Å²) in [7, 11) is 3.40. The van der Waals surface area contributed by atoms with E-state index < -0.39 is 0 Å². The maximum absolute atomic E-state index is 12.0. The smallest absolute Gasteiger partial charge is 0.245 e. The number of ether oxygens (including phenoxy) is 1. The molecule has 0 fully saturated rings. The summed E-state index contributed by atoms with van der Waals surface area (Å²) in [6, 6.07) is 9.54. The number of tetrazole rings is 1. The van der Waals surface area contributed by atoms with Crippen molar-refractivity contribution in [2.75, 3.05) is 27.3 Å². The van der Waals surface area contributed by atoms with E-state index >= 15 is 0 Å². The number of likely N-dealkylation sites (N-methyl/N-ethyl adjacent to an activating group) is 1. The highest BCUT2D eigenvalue weighted by Gasteiger charge is 2.12.